The minimum Gasteiger partial charge on any atom is -0.379 e. The Labute approximate surface area is 97.7 Å². The molecule has 1 aliphatic carbocycles. The number of nitrogens with two attached hydrogens (primary N) is 1. The highest BCUT2D eigenvalue weighted by atomic mass is 16.5. The molecule has 2 unspecified atom stereocenters. The second-order valence-electron chi connectivity index (χ2n) is 4.34. The predicted octanol–water partition coefficient (Wildman–Crippen LogP) is 1.45. The zero-order chi connectivity index (χ0) is 11.9. The molecule has 0 aromatic carbocycles. The minimum absolute atomic E-state index is 0.296. The van der Waals surface area contributed by atoms with Gasteiger partial charge in [-0.1, -0.05) is 6.42 Å². The average Bonchev–Trinajstić information content (AvgIpc) is 2.66. The molecule has 1 fully saturated rings. The van der Waals surface area contributed by atoms with Gasteiger partial charge >= 0.3 is 0 Å². The van der Waals surface area contributed by atoms with Gasteiger partial charge in [0.05, 0.1) is 19.3 Å². The SMILES string of the molecule is CCOCCOCCC1CCCC1(N)C#N. The highest BCUT2D eigenvalue weighted by Crippen LogP contribution is 2.35. The van der Waals surface area contributed by atoms with Gasteiger partial charge in [0.1, 0.15) is 5.54 Å². The molecule has 0 spiro atoms. The lowest BCUT2D eigenvalue weighted by Crippen LogP contribution is -2.42. The molecule has 92 valence electrons. The maximum Gasteiger partial charge on any atom is 0.107 e. The van der Waals surface area contributed by atoms with Gasteiger partial charge in [-0.15, -0.1) is 0 Å². The first-order chi connectivity index (χ1) is 7.73. The molecule has 0 radical (unpaired) electrons. The van der Waals surface area contributed by atoms with Crippen molar-refractivity contribution in [2.24, 2.45) is 11.7 Å². The van der Waals surface area contributed by atoms with Crippen LogP contribution in [0.3, 0.4) is 0 Å². The Balaban J connectivity index is 2.11. The van der Waals surface area contributed by atoms with Crippen LogP contribution in [0.1, 0.15) is 32.6 Å². The second kappa shape index (κ2) is 6.85. The fourth-order valence-corrected chi connectivity index (χ4v) is 2.24. The van der Waals surface area contributed by atoms with Crippen LogP contribution in [0.4, 0.5) is 0 Å². The first-order valence-electron chi connectivity index (χ1n) is 6.08. The Morgan fingerprint density at radius 1 is 1.38 bits per heavy atom. The predicted molar refractivity (Wildman–Crippen MR) is 61.8 cm³/mol. The van der Waals surface area contributed by atoms with Gasteiger partial charge in [-0.3, -0.25) is 0 Å². The van der Waals surface area contributed by atoms with Crippen LogP contribution in [0.15, 0.2) is 0 Å². The third kappa shape index (κ3) is 3.75. The fraction of sp³-hybridized carbons (Fsp3) is 0.917. The van der Waals surface area contributed by atoms with Crippen LogP contribution in [0.2, 0.25) is 0 Å². The van der Waals surface area contributed by atoms with Crippen molar-refractivity contribution < 1.29 is 9.47 Å². The summed E-state index contributed by atoms with van der Waals surface area (Å²) < 4.78 is 10.6. The van der Waals surface area contributed by atoms with E-state index in [1.807, 2.05) is 6.92 Å². The molecule has 2 N–H and O–H groups in total. The molecule has 1 aliphatic rings. The zero-order valence-corrected chi connectivity index (χ0v) is 10.1. The molecule has 4 heteroatoms. The van der Waals surface area contributed by atoms with Crippen molar-refractivity contribution in [3.05, 3.63) is 0 Å². The summed E-state index contributed by atoms with van der Waals surface area (Å²) in [5.41, 5.74) is 5.42. The van der Waals surface area contributed by atoms with Crippen molar-refractivity contribution in [2.75, 3.05) is 26.4 Å². The van der Waals surface area contributed by atoms with Crippen molar-refractivity contribution in [3.8, 4) is 6.07 Å². The van der Waals surface area contributed by atoms with E-state index < -0.39 is 5.54 Å². The van der Waals surface area contributed by atoms with Gasteiger partial charge in [-0.25, -0.2) is 0 Å². The number of nitrogens with zero attached hydrogens (tertiary/aromatic N) is 1. The van der Waals surface area contributed by atoms with Gasteiger partial charge < -0.3 is 15.2 Å². The van der Waals surface area contributed by atoms with Gasteiger partial charge in [0, 0.05) is 13.2 Å². The summed E-state index contributed by atoms with van der Waals surface area (Å²) in [6, 6.07) is 2.25. The Morgan fingerprint density at radius 2 is 2.12 bits per heavy atom. The Bertz CT molecular complexity index is 240. The fourth-order valence-electron chi connectivity index (χ4n) is 2.24. The molecule has 0 bridgehead atoms. The van der Waals surface area contributed by atoms with Gasteiger partial charge in [0.25, 0.3) is 0 Å². The highest BCUT2D eigenvalue weighted by Gasteiger charge is 2.39. The van der Waals surface area contributed by atoms with Crippen molar-refractivity contribution in [3.63, 3.8) is 0 Å². The lowest BCUT2D eigenvalue weighted by molar-refractivity contribution is 0.0459. The number of nitriles is 1. The molecule has 0 heterocycles. The van der Waals surface area contributed by atoms with E-state index in [1.165, 1.54) is 0 Å². The number of hydrogen-bond donors (Lipinski definition) is 1. The smallest absolute Gasteiger partial charge is 0.107 e. The van der Waals surface area contributed by atoms with Crippen molar-refractivity contribution >= 4 is 0 Å². The molecule has 1 rings (SSSR count). The molecule has 4 nitrogen and oxygen atoms in total. The van der Waals surface area contributed by atoms with Crippen molar-refractivity contribution in [1.29, 1.82) is 5.26 Å². The topological polar surface area (TPSA) is 68.3 Å². The van der Waals surface area contributed by atoms with E-state index in [1.54, 1.807) is 0 Å². The molecule has 2 atom stereocenters. The van der Waals surface area contributed by atoms with Gasteiger partial charge in [-0.2, -0.15) is 5.26 Å². The molecular formula is C12H22N2O2. The first kappa shape index (κ1) is 13.4. The third-order valence-corrected chi connectivity index (χ3v) is 3.27. The first-order valence-corrected chi connectivity index (χ1v) is 6.08. The molecule has 0 amide bonds. The van der Waals surface area contributed by atoms with Gasteiger partial charge in [0.2, 0.25) is 0 Å². The van der Waals surface area contributed by atoms with E-state index in [0.717, 1.165) is 32.3 Å². The number of ether oxygens (including phenoxy) is 2. The van der Waals surface area contributed by atoms with Crippen LogP contribution in [-0.4, -0.2) is 32.0 Å². The zero-order valence-electron chi connectivity index (χ0n) is 10.1. The van der Waals surface area contributed by atoms with E-state index in [9.17, 15) is 0 Å². The normalized spacial score (nSPS) is 29.2. The maximum absolute atomic E-state index is 9.03. The summed E-state index contributed by atoms with van der Waals surface area (Å²) in [4.78, 5) is 0. The summed E-state index contributed by atoms with van der Waals surface area (Å²) in [5.74, 6) is 0.296. The summed E-state index contributed by atoms with van der Waals surface area (Å²) in [6.45, 7) is 4.65. The van der Waals surface area contributed by atoms with Crippen molar-refractivity contribution in [2.45, 2.75) is 38.1 Å². The molecule has 1 saturated carbocycles. The summed E-state index contributed by atoms with van der Waals surface area (Å²) >= 11 is 0. The van der Waals surface area contributed by atoms with E-state index in [0.29, 0.717) is 25.7 Å². The number of hydrogen-bond acceptors (Lipinski definition) is 4. The molecule has 0 aromatic heterocycles. The third-order valence-electron chi connectivity index (χ3n) is 3.27. The second-order valence-corrected chi connectivity index (χ2v) is 4.34. The van der Waals surface area contributed by atoms with Crippen LogP contribution in [-0.2, 0) is 9.47 Å². The van der Waals surface area contributed by atoms with Crippen LogP contribution >= 0.6 is 0 Å². The Kier molecular flexibility index (Phi) is 5.75. The van der Waals surface area contributed by atoms with E-state index in [4.69, 9.17) is 20.5 Å². The molecule has 16 heavy (non-hydrogen) atoms. The van der Waals surface area contributed by atoms with E-state index in [2.05, 4.69) is 6.07 Å². The van der Waals surface area contributed by atoms with Crippen LogP contribution < -0.4 is 5.73 Å². The number of rotatable bonds is 7. The molecular weight excluding hydrogens is 204 g/mol. The van der Waals surface area contributed by atoms with Crippen LogP contribution in [0.25, 0.3) is 0 Å². The Morgan fingerprint density at radius 3 is 2.81 bits per heavy atom. The molecule has 0 saturated heterocycles. The monoisotopic (exact) mass is 226 g/mol. The maximum atomic E-state index is 9.03. The van der Waals surface area contributed by atoms with Crippen LogP contribution in [0.5, 0.6) is 0 Å². The standard InChI is InChI=1S/C12H22N2O2/c1-2-15-8-9-16-7-5-11-4-3-6-12(11,14)10-13/h11H,2-9,14H2,1H3. The summed E-state index contributed by atoms with van der Waals surface area (Å²) in [5, 5.41) is 9.03. The lowest BCUT2D eigenvalue weighted by atomic mass is 9.87. The lowest BCUT2D eigenvalue weighted by Gasteiger charge is -2.23. The van der Waals surface area contributed by atoms with Gasteiger partial charge in [0.15, 0.2) is 0 Å². The largest absolute Gasteiger partial charge is 0.379 e. The summed E-state index contributed by atoms with van der Waals surface area (Å²) in [7, 11) is 0. The van der Waals surface area contributed by atoms with E-state index in [-0.39, 0.29) is 0 Å². The van der Waals surface area contributed by atoms with Crippen molar-refractivity contribution in [1.82, 2.24) is 0 Å². The highest BCUT2D eigenvalue weighted by molar-refractivity contribution is 5.11. The molecule has 0 aromatic rings. The quantitative estimate of drug-likeness (QED) is 0.667. The van der Waals surface area contributed by atoms with Crippen LogP contribution in [0, 0.1) is 17.2 Å². The van der Waals surface area contributed by atoms with E-state index >= 15 is 0 Å². The average molecular weight is 226 g/mol. The Hall–Kier alpha value is -0.630. The summed E-state index contributed by atoms with van der Waals surface area (Å²) in [6.07, 6.45) is 3.83. The molecule has 0 aliphatic heterocycles. The van der Waals surface area contributed by atoms with Gasteiger partial charge in [-0.05, 0) is 32.1 Å². The minimum atomic E-state index is -0.608.